The Kier molecular flexibility index (Phi) is 3.89. The molecule has 0 aliphatic carbocycles. The zero-order valence-corrected chi connectivity index (χ0v) is 11.7. The van der Waals surface area contributed by atoms with Crippen LogP contribution in [0.4, 0.5) is 0 Å². The normalized spacial score (nSPS) is 30.4. The topological polar surface area (TPSA) is 64.3 Å². The average molecular weight is 242 g/mol. The molecule has 1 amide bonds. The van der Waals surface area contributed by atoms with Crippen LogP contribution in [0.5, 0.6) is 0 Å². The van der Waals surface area contributed by atoms with E-state index in [-0.39, 0.29) is 22.6 Å². The second-order valence-corrected chi connectivity index (χ2v) is 6.20. The Labute approximate surface area is 104 Å². The lowest BCUT2D eigenvalue weighted by molar-refractivity contribution is -0.123. The van der Waals surface area contributed by atoms with Crippen molar-refractivity contribution in [3.05, 3.63) is 0 Å². The van der Waals surface area contributed by atoms with E-state index in [0.717, 1.165) is 19.4 Å². The molecule has 0 aromatic carbocycles. The molecule has 0 saturated carbocycles. The molecular weight excluding hydrogens is 216 g/mol. The number of rotatable bonds is 5. The Morgan fingerprint density at radius 3 is 2.29 bits per heavy atom. The fraction of sp³-hybridized carbons (Fsp3) is 0.923. The van der Waals surface area contributed by atoms with Gasteiger partial charge in [0, 0.05) is 6.42 Å². The van der Waals surface area contributed by atoms with E-state index in [9.17, 15) is 4.79 Å². The largest absolute Gasteiger partial charge is 0.370 e. The van der Waals surface area contributed by atoms with Crippen LogP contribution in [0.1, 0.15) is 53.9 Å². The first kappa shape index (κ1) is 14.5. The molecule has 1 fully saturated rings. The van der Waals surface area contributed by atoms with Crippen LogP contribution >= 0.6 is 0 Å². The van der Waals surface area contributed by atoms with E-state index in [1.54, 1.807) is 0 Å². The zero-order valence-electron chi connectivity index (χ0n) is 11.7. The molecule has 1 atom stereocenters. The summed E-state index contributed by atoms with van der Waals surface area (Å²) in [4.78, 5) is 11.3. The van der Waals surface area contributed by atoms with Crippen molar-refractivity contribution >= 4 is 5.91 Å². The van der Waals surface area contributed by atoms with Gasteiger partial charge >= 0.3 is 0 Å². The minimum Gasteiger partial charge on any atom is -0.370 e. The molecule has 0 aromatic rings. The highest BCUT2D eigenvalue weighted by atomic mass is 16.5. The summed E-state index contributed by atoms with van der Waals surface area (Å²) in [5, 5.41) is 3.50. The fourth-order valence-corrected chi connectivity index (χ4v) is 3.04. The van der Waals surface area contributed by atoms with Crippen LogP contribution in [0.2, 0.25) is 0 Å². The lowest BCUT2D eigenvalue weighted by Crippen LogP contribution is -2.59. The summed E-state index contributed by atoms with van der Waals surface area (Å²) in [5.41, 5.74) is 4.44. The summed E-state index contributed by atoms with van der Waals surface area (Å²) in [7, 11) is 0. The summed E-state index contributed by atoms with van der Waals surface area (Å²) in [5.74, 6) is -0.275. The Morgan fingerprint density at radius 1 is 1.35 bits per heavy atom. The summed E-state index contributed by atoms with van der Waals surface area (Å²) >= 11 is 0. The van der Waals surface area contributed by atoms with Crippen LogP contribution < -0.4 is 11.1 Å². The van der Waals surface area contributed by atoms with Gasteiger partial charge in [-0.1, -0.05) is 6.92 Å². The van der Waals surface area contributed by atoms with Gasteiger partial charge in [0.25, 0.3) is 0 Å². The smallest absolute Gasteiger partial charge is 0.219 e. The van der Waals surface area contributed by atoms with E-state index in [4.69, 9.17) is 10.5 Å². The van der Waals surface area contributed by atoms with Crippen molar-refractivity contribution < 1.29 is 9.53 Å². The molecule has 0 aromatic heterocycles. The highest BCUT2D eigenvalue weighted by Crippen LogP contribution is 2.46. The first-order valence-electron chi connectivity index (χ1n) is 6.38. The molecule has 1 unspecified atom stereocenters. The molecule has 0 spiro atoms. The second kappa shape index (κ2) is 4.58. The monoisotopic (exact) mass is 242 g/mol. The van der Waals surface area contributed by atoms with E-state index in [0.29, 0.717) is 6.42 Å². The molecule has 3 N–H and O–H groups in total. The molecule has 0 bridgehead atoms. The van der Waals surface area contributed by atoms with Crippen LogP contribution in [0.25, 0.3) is 0 Å². The fourth-order valence-electron chi connectivity index (χ4n) is 3.04. The van der Waals surface area contributed by atoms with Crippen LogP contribution in [-0.4, -0.2) is 29.2 Å². The maximum Gasteiger partial charge on any atom is 0.219 e. The number of nitrogens with two attached hydrogens (primary N) is 1. The van der Waals surface area contributed by atoms with Gasteiger partial charge in [-0.3, -0.25) is 4.79 Å². The molecule has 100 valence electrons. The quantitative estimate of drug-likeness (QED) is 0.769. The maximum absolute atomic E-state index is 11.3. The summed E-state index contributed by atoms with van der Waals surface area (Å²) in [6, 6.07) is 0. The Balaban J connectivity index is 2.99. The molecule has 1 heterocycles. The minimum absolute atomic E-state index is 0.223. The lowest BCUT2D eigenvalue weighted by atomic mass is 9.76. The van der Waals surface area contributed by atoms with E-state index < -0.39 is 0 Å². The predicted molar refractivity (Wildman–Crippen MR) is 68.7 cm³/mol. The zero-order chi connectivity index (χ0) is 13.3. The number of primary amides is 1. The molecule has 1 rings (SSSR count). The minimum atomic E-state index is -0.388. The van der Waals surface area contributed by atoms with Crippen molar-refractivity contribution in [1.82, 2.24) is 5.32 Å². The van der Waals surface area contributed by atoms with Crippen molar-refractivity contribution in [3.63, 3.8) is 0 Å². The van der Waals surface area contributed by atoms with Crippen molar-refractivity contribution in [2.45, 2.75) is 70.6 Å². The van der Waals surface area contributed by atoms with Gasteiger partial charge in [-0.05, 0) is 47.1 Å². The summed E-state index contributed by atoms with van der Waals surface area (Å²) in [6.45, 7) is 11.2. The first-order chi connectivity index (χ1) is 7.64. The highest BCUT2D eigenvalue weighted by Gasteiger charge is 2.57. The van der Waals surface area contributed by atoms with Crippen molar-refractivity contribution in [2.75, 3.05) is 6.54 Å². The van der Waals surface area contributed by atoms with Crippen molar-refractivity contribution in [2.24, 2.45) is 5.73 Å². The molecule has 4 heteroatoms. The van der Waals surface area contributed by atoms with Gasteiger partial charge in [0.1, 0.15) is 0 Å². The average Bonchev–Trinajstić information content (AvgIpc) is 2.27. The number of hydrogen-bond acceptors (Lipinski definition) is 3. The number of carbonyl (C=O) groups is 1. The third kappa shape index (κ3) is 2.99. The number of carbonyl (C=O) groups excluding carboxylic acids is 1. The van der Waals surface area contributed by atoms with Crippen molar-refractivity contribution in [3.8, 4) is 0 Å². The van der Waals surface area contributed by atoms with E-state index in [2.05, 4.69) is 26.1 Å². The molecule has 1 aliphatic heterocycles. The van der Waals surface area contributed by atoms with E-state index >= 15 is 0 Å². The van der Waals surface area contributed by atoms with Gasteiger partial charge in [-0.2, -0.15) is 0 Å². The Bertz CT molecular complexity index is 300. The van der Waals surface area contributed by atoms with Gasteiger partial charge in [0.05, 0.1) is 16.7 Å². The standard InChI is InChI=1S/C13H26N2O2/c1-6-7-15-13(8-10(14)16)9-11(2,3)17-12(13,4)5/h15H,6-9H2,1-5H3,(H2,14,16). The summed E-state index contributed by atoms with van der Waals surface area (Å²) in [6.07, 6.45) is 2.15. The highest BCUT2D eigenvalue weighted by molar-refractivity contribution is 5.75. The number of ether oxygens (including phenoxy) is 1. The number of amides is 1. The molecule has 1 saturated heterocycles. The second-order valence-electron chi connectivity index (χ2n) is 6.20. The number of nitrogens with one attached hydrogen (secondary N) is 1. The van der Waals surface area contributed by atoms with Crippen LogP contribution in [0, 0.1) is 0 Å². The lowest BCUT2D eigenvalue weighted by Gasteiger charge is -2.40. The third-order valence-electron chi connectivity index (χ3n) is 3.60. The van der Waals surface area contributed by atoms with Crippen molar-refractivity contribution in [1.29, 1.82) is 0 Å². The molecule has 1 aliphatic rings. The van der Waals surface area contributed by atoms with Gasteiger partial charge in [-0.15, -0.1) is 0 Å². The van der Waals surface area contributed by atoms with Crippen LogP contribution in [0.15, 0.2) is 0 Å². The van der Waals surface area contributed by atoms with Crippen LogP contribution in [-0.2, 0) is 9.53 Å². The molecule has 17 heavy (non-hydrogen) atoms. The molecule has 4 nitrogen and oxygen atoms in total. The maximum atomic E-state index is 11.3. The Hall–Kier alpha value is -0.610. The van der Waals surface area contributed by atoms with Gasteiger partial charge in [-0.25, -0.2) is 0 Å². The van der Waals surface area contributed by atoms with Gasteiger partial charge in [0.15, 0.2) is 0 Å². The van der Waals surface area contributed by atoms with E-state index in [1.807, 2.05) is 13.8 Å². The van der Waals surface area contributed by atoms with Crippen LogP contribution in [0.3, 0.4) is 0 Å². The SMILES string of the molecule is CCCNC1(CC(N)=O)CC(C)(C)OC1(C)C. The van der Waals surface area contributed by atoms with Gasteiger partial charge < -0.3 is 15.8 Å². The first-order valence-corrected chi connectivity index (χ1v) is 6.38. The van der Waals surface area contributed by atoms with Gasteiger partial charge in [0.2, 0.25) is 5.91 Å². The van der Waals surface area contributed by atoms with E-state index in [1.165, 1.54) is 0 Å². The summed E-state index contributed by atoms with van der Waals surface area (Å²) < 4.78 is 6.08. The number of hydrogen-bond donors (Lipinski definition) is 2. The predicted octanol–water partition coefficient (Wildman–Crippen LogP) is 1.58. The molecule has 0 radical (unpaired) electrons. The third-order valence-corrected chi connectivity index (χ3v) is 3.60. The molecular formula is C13H26N2O2. The Morgan fingerprint density at radius 2 is 1.94 bits per heavy atom.